The first-order chi connectivity index (χ1) is 25.3. The molecule has 4 fully saturated rings. The molecule has 3 unspecified atom stereocenters. The van der Waals surface area contributed by atoms with Crippen LogP contribution in [0, 0.1) is 29.6 Å². The molecule has 6 heterocycles. The summed E-state index contributed by atoms with van der Waals surface area (Å²) >= 11 is 0. The highest BCUT2D eigenvalue weighted by molar-refractivity contribution is 5.93. The minimum atomic E-state index is -0.718. The number of fused-ring (bicyclic) bond motifs is 9. The number of H-pyrrole nitrogens is 2. The number of rotatable bonds is 6. The number of methoxy groups -OCH3 is 3. The number of benzene rings is 2. The van der Waals surface area contributed by atoms with E-state index in [-0.39, 0.29) is 41.8 Å². The van der Waals surface area contributed by atoms with Gasteiger partial charge in [0.1, 0.15) is 11.2 Å². The summed E-state index contributed by atoms with van der Waals surface area (Å²) in [5.41, 5.74) is 7.35. The number of nitrogens with zero attached hydrogens (tertiary/aromatic N) is 2. The van der Waals surface area contributed by atoms with E-state index < -0.39 is 5.41 Å². The smallest absolute Gasteiger partial charge is 0.319 e. The molecule has 6 bridgehead atoms. The Morgan fingerprint density at radius 2 is 1.73 bits per heavy atom. The number of aromatic amines is 2. The summed E-state index contributed by atoms with van der Waals surface area (Å²) < 4.78 is 17.6. The van der Waals surface area contributed by atoms with Gasteiger partial charge in [-0.05, 0) is 86.1 Å². The molecule has 2 N–H and O–H groups in total. The third-order valence-corrected chi connectivity index (χ3v) is 14.6. The van der Waals surface area contributed by atoms with Crippen LogP contribution in [-0.4, -0.2) is 91.8 Å². The van der Waals surface area contributed by atoms with Crippen molar-refractivity contribution in [1.82, 2.24) is 19.8 Å². The van der Waals surface area contributed by atoms with Crippen LogP contribution in [0.1, 0.15) is 79.9 Å². The predicted molar refractivity (Wildman–Crippen MR) is 202 cm³/mol. The standard InChI is InChI=1S/C43H54N4O5/c1-7-24-15-23-20-43(42(49)52-6)39-27(13-14-47(21-23)40(24)43)29-17-30(36(50-4)19-34(29)45-39)31-16-28-25(8-2)22-46(3)35(37(28)41(48)51-5)18-32-26-11-9-10-12-33(26)44-38(31)32/h9-12,17,19,23-25,28,31,35,37,40,44-45H,7-8,13-16,18,20-22H2,1-6H3/t23-,24-,25-,28-,31-,35-,37?,40-,43?/m0/s1. The lowest BCUT2D eigenvalue weighted by atomic mass is 9.56. The molecule has 4 aromatic rings. The number of likely N-dealkylation sites (N-methyl/N-ethyl adjacent to an activating group) is 1. The van der Waals surface area contributed by atoms with Gasteiger partial charge >= 0.3 is 11.9 Å². The Labute approximate surface area is 306 Å². The topological polar surface area (TPSA) is 99.9 Å². The summed E-state index contributed by atoms with van der Waals surface area (Å²) in [5, 5.41) is 2.39. The summed E-state index contributed by atoms with van der Waals surface area (Å²) in [5.74, 6) is 1.78. The molecule has 0 radical (unpaired) electrons. The molecular weight excluding hydrogens is 652 g/mol. The lowest BCUT2D eigenvalue weighted by Gasteiger charge is -2.57. The fraction of sp³-hybridized carbons (Fsp3) is 0.581. The molecule has 2 aromatic heterocycles. The van der Waals surface area contributed by atoms with E-state index in [1.165, 1.54) is 34.0 Å². The maximum Gasteiger partial charge on any atom is 0.319 e. The Hall–Kier alpha value is -3.82. The number of nitrogens with one attached hydrogen (secondary N) is 2. The molecule has 3 saturated heterocycles. The highest BCUT2D eigenvalue weighted by Gasteiger charge is 2.63. The number of aromatic nitrogens is 2. The molecule has 52 heavy (non-hydrogen) atoms. The summed E-state index contributed by atoms with van der Waals surface area (Å²) in [6, 6.07) is 13.3. The highest BCUT2D eigenvalue weighted by Crippen LogP contribution is 2.56. The van der Waals surface area contributed by atoms with Crippen molar-refractivity contribution < 1.29 is 23.8 Å². The van der Waals surface area contributed by atoms with E-state index in [0.717, 1.165) is 86.2 Å². The zero-order chi connectivity index (χ0) is 36.1. The molecule has 9 nitrogen and oxygen atoms in total. The van der Waals surface area contributed by atoms with E-state index in [1.807, 2.05) is 0 Å². The van der Waals surface area contributed by atoms with E-state index in [1.54, 1.807) is 21.3 Å². The number of esters is 2. The number of hydrogen-bond donors (Lipinski definition) is 2. The van der Waals surface area contributed by atoms with Crippen molar-refractivity contribution in [1.29, 1.82) is 0 Å². The Balaban J connectivity index is 1.27. The second kappa shape index (κ2) is 12.7. The van der Waals surface area contributed by atoms with Gasteiger partial charge in [-0.15, -0.1) is 0 Å². The Kier molecular flexibility index (Phi) is 8.27. The first kappa shape index (κ1) is 34.0. The Bertz CT molecular complexity index is 2050. The average Bonchev–Trinajstić information content (AvgIpc) is 3.69. The van der Waals surface area contributed by atoms with Gasteiger partial charge in [-0.1, -0.05) is 44.9 Å². The minimum absolute atomic E-state index is 0.0355. The van der Waals surface area contributed by atoms with Crippen molar-refractivity contribution >= 4 is 33.7 Å². The van der Waals surface area contributed by atoms with Gasteiger partial charge in [-0.2, -0.15) is 0 Å². The second-order valence-electron chi connectivity index (χ2n) is 16.7. The van der Waals surface area contributed by atoms with Crippen LogP contribution < -0.4 is 4.74 Å². The normalized spacial score (nSPS) is 33.8. The quantitative estimate of drug-likeness (QED) is 0.219. The maximum atomic E-state index is 14.2. The zero-order valence-electron chi connectivity index (χ0n) is 31.6. The molecular formula is C43H54N4O5. The Morgan fingerprint density at radius 1 is 0.923 bits per heavy atom. The van der Waals surface area contributed by atoms with Crippen molar-refractivity contribution in [2.45, 2.75) is 82.2 Å². The first-order valence-electron chi connectivity index (χ1n) is 19.7. The lowest BCUT2D eigenvalue weighted by molar-refractivity contribution is -0.162. The van der Waals surface area contributed by atoms with E-state index >= 15 is 0 Å². The molecule has 2 aliphatic carbocycles. The van der Waals surface area contributed by atoms with Crippen LogP contribution in [0.25, 0.3) is 21.8 Å². The van der Waals surface area contributed by atoms with Crippen LogP contribution in [0.15, 0.2) is 36.4 Å². The van der Waals surface area contributed by atoms with Crippen molar-refractivity contribution in [2.75, 3.05) is 48.0 Å². The molecule has 10 rings (SSSR count). The highest BCUT2D eigenvalue weighted by atomic mass is 16.5. The third kappa shape index (κ3) is 4.73. The summed E-state index contributed by atoms with van der Waals surface area (Å²) in [7, 11) is 7.06. The SMILES string of the molecule is CC[C@H]1CN(C)[C@H]2Cc3c([nH]c4ccccc34)[C@H](c3cc4c5c([nH]c4cc3OC)C3(C(=O)OC)C[C@@H]4C[C@H](CC)[C@@H]3N(CC5)C4)C[C@@H]1C2C(=O)OC. The van der Waals surface area contributed by atoms with Crippen molar-refractivity contribution in [2.24, 2.45) is 29.6 Å². The molecule has 6 aliphatic rings. The molecule has 0 amide bonds. The van der Waals surface area contributed by atoms with Gasteiger partial charge in [-0.25, -0.2) is 0 Å². The molecule has 9 heteroatoms. The van der Waals surface area contributed by atoms with Gasteiger partial charge in [0.05, 0.1) is 27.2 Å². The van der Waals surface area contributed by atoms with Gasteiger partial charge in [0.25, 0.3) is 0 Å². The van der Waals surface area contributed by atoms with Gasteiger partial charge in [0, 0.05) is 82.5 Å². The number of ether oxygens (including phenoxy) is 3. The molecule has 2 aromatic carbocycles. The van der Waals surface area contributed by atoms with Crippen LogP contribution in [0.4, 0.5) is 0 Å². The van der Waals surface area contributed by atoms with Gasteiger partial charge in [-0.3, -0.25) is 14.5 Å². The monoisotopic (exact) mass is 706 g/mol. The van der Waals surface area contributed by atoms with Gasteiger partial charge in [0.15, 0.2) is 0 Å². The van der Waals surface area contributed by atoms with Gasteiger partial charge < -0.3 is 29.1 Å². The first-order valence-corrected chi connectivity index (χ1v) is 19.7. The van der Waals surface area contributed by atoms with Crippen molar-refractivity contribution in [3.63, 3.8) is 0 Å². The molecule has 10 atom stereocenters. The average molecular weight is 707 g/mol. The lowest BCUT2D eigenvalue weighted by Crippen LogP contribution is -2.67. The van der Waals surface area contributed by atoms with Crippen molar-refractivity contribution in [3.05, 3.63) is 64.5 Å². The number of carbonyl (C=O) groups is 2. The van der Waals surface area contributed by atoms with E-state index in [9.17, 15) is 9.59 Å². The summed E-state index contributed by atoms with van der Waals surface area (Å²) in [6.45, 7) is 7.49. The molecule has 276 valence electrons. The van der Waals surface area contributed by atoms with Crippen LogP contribution >= 0.6 is 0 Å². The van der Waals surface area contributed by atoms with E-state index in [2.05, 4.69) is 77.1 Å². The molecule has 4 aliphatic heterocycles. The van der Waals surface area contributed by atoms with E-state index in [0.29, 0.717) is 17.8 Å². The third-order valence-electron chi connectivity index (χ3n) is 14.6. The zero-order valence-corrected chi connectivity index (χ0v) is 31.6. The molecule has 1 saturated carbocycles. The summed E-state index contributed by atoms with van der Waals surface area (Å²) in [6.07, 6.45) is 6.51. The number of piperidine rings is 3. The molecule has 0 spiro atoms. The number of likely N-dealkylation sites (tertiary alicyclic amines) is 1. The predicted octanol–water partition coefficient (Wildman–Crippen LogP) is 6.57. The van der Waals surface area contributed by atoms with E-state index in [4.69, 9.17) is 14.2 Å². The van der Waals surface area contributed by atoms with Crippen LogP contribution in [0.5, 0.6) is 5.75 Å². The van der Waals surface area contributed by atoms with Crippen LogP contribution in [-0.2, 0) is 37.3 Å². The largest absolute Gasteiger partial charge is 0.496 e. The van der Waals surface area contributed by atoms with Gasteiger partial charge in [0.2, 0.25) is 0 Å². The van der Waals surface area contributed by atoms with Crippen LogP contribution in [0.2, 0.25) is 0 Å². The number of para-hydroxylation sites is 1. The minimum Gasteiger partial charge on any atom is -0.496 e. The maximum absolute atomic E-state index is 14.2. The number of hydrogen-bond acceptors (Lipinski definition) is 7. The fourth-order valence-corrected chi connectivity index (χ4v) is 12.4. The Morgan fingerprint density at radius 3 is 2.48 bits per heavy atom. The number of carbonyl (C=O) groups excluding carboxylic acids is 2. The summed E-state index contributed by atoms with van der Waals surface area (Å²) in [4.78, 5) is 40.9. The van der Waals surface area contributed by atoms with Crippen molar-refractivity contribution in [3.8, 4) is 5.75 Å². The second-order valence-corrected chi connectivity index (χ2v) is 16.7. The van der Waals surface area contributed by atoms with Crippen LogP contribution in [0.3, 0.4) is 0 Å². The fourth-order valence-electron chi connectivity index (χ4n) is 12.4.